The number of rotatable bonds is 4. The van der Waals surface area contributed by atoms with E-state index in [1.54, 1.807) is 0 Å². The molecule has 0 saturated heterocycles. The molecular formula is C9H19NO2S. The summed E-state index contributed by atoms with van der Waals surface area (Å²) in [6.07, 6.45) is 1.92. The fourth-order valence-electron chi connectivity index (χ4n) is 1.03. The van der Waals surface area contributed by atoms with Crippen molar-refractivity contribution in [1.82, 2.24) is 4.72 Å². The Balaban J connectivity index is 2.17. The Morgan fingerprint density at radius 1 is 1.54 bits per heavy atom. The first-order valence-corrected chi connectivity index (χ1v) is 5.89. The highest BCUT2D eigenvalue weighted by atomic mass is 32.2. The number of aliphatic hydroxyl groups is 1. The molecule has 0 aromatic rings. The van der Waals surface area contributed by atoms with E-state index in [2.05, 4.69) is 4.72 Å². The van der Waals surface area contributed by atoms with Crippen LogP contribution in [0.3, 0.4) is 0 Å². The minimum absolute atomic E-state index is 0.247. The largest absolute Gasteiger partial charge is 0.598 e. The summed E-state index contributed by atoms with van der Waals surface area (Å²) >= 11 is -1.06. The summed E-state index contributed by atoms with van der Waals surface area (Å²) in [5.74, 6) is 0.449. The van der Waals surface area contributed by atoms with Crippen molar-refractivity contribution in [2.24, 2.45) is 5.92 Å². The molecule has 3 nitrogen and oxygen atoms in total. The molecule has 0 unspecified atom stereocenters. The molecule has 1 aliphatic rings. The predicted molar refractivity (Wildman–Crippen MR) is 54.6 cm³/mol. The lowest BCUT2D eigenvalue weighted by atomic mass is 10.2. The molecule has 4 heteroatoms. The molecule has 2 atom stereocenters. The van der Waals surface area contributed by atoms with Crippen LogP contribution in [-0.4, -0.2) is 27.1 Å². The lowest BCUT2D eigenvalue weighted by Gasteiger charge is -2.24. The van der Waals surface area contributed by atoms with Gasteiger partial charge in [-0.3, -0.25) is 0 Å². The number of hydrogen-bond acceptors (Lipinski definition) is 3. The maximum Gasteiger partial charge on any atom is 0.136 e. The topological polar surface area (TPSA) is 55.3 Å². The summed E-state index contributed by atoms with van der Waals surface area (Å²) in [6.45, 7) is 6.20. The van der Waals surface area contributed by atoms with Crippen molar-refractivity contribution in [2.45, 2.75) is 44.5 Å². The molecule has 0 bridgehead atoms. The molecule has 0 aromatic carbocycles. The molecule has 0 amide bonds. The molecule has 1 rings (SSSR count). The van der Waals surface area contributed by atoms with Crippen LogP contribution in [0, 0.1) is 5.92 Å². The van der Waals surface area contributed by atoms with Crippen molar-refractivity contribution in [3.63, 3.8) is 0 Å². The zero-order valence-corrected chi connectivity index (χ0v) is 9.36. The zero-order valence-electron chi connectivity index (χ0n) is 8.54. The van der Waals surface area contributed by atoms with Gasteiger partial charge in [0.05, 0.1) is 12.6 Å². The van der Waals surface area contributed by atoms with Gasteiger partial charge in [0.25, 0.3) is 0 Å². The second-order valence-corrected chi connectivity index (χ2v) is 6.69. The van der Waals surface area contributed by atoms with Crippen LogP contribution in [0.5, 0.6) is 0 Å². The molecule has 0 aromatic heterocycles. The first kappa shape index (κ1) is 11.3. The van der Waals surface area contributed by atoms with E-state index in [0.717, 1.165) is 12.8 Å². The predicted octanol–water partition coefficient (Wildman–Crippen LogP) is 0.809. The van der Waals surface area contributed by atoms with E-state index >= 15 is 0 Å². The highest BCUT2D eigenvalue weighted by Crippen LogP contribution is 2.32. The minimum atomic E-state index is -1.06. The molecule has 78 valence electrons. The third-order valence-electron chi connectivity index (χ3n) is 2.15. The van der Waals surface area contributed by atoms with Crippen molar-refractivity contribution < 1.29 is 9.66 Å². The van der Waals surface area contributed by atoms with E-state index in [0.29, 0.717) is 12.5 Å². The van der Waals surface area contributed by atoms with Crippen LogP contribution in [0.4, 0.5) is 0 Å². The Bertz CT molecular complexity index is 165. The number of nitrogens with one attached hydrogen (secondary N) is 1. The molecule has 1 saturated carbocycles. The molecule has 1 fully saturated rings. The van der Waals surface area contributed by atoms with Crippen LogP contribution >= 0.6 is 0 Å². The minimum Gasteiger partial charge on any atom is -0.598 e. The normalized spacial score (nSPS) is 22.8. The van der Waals surface area contributed by atoms with Crippen molar-refractivity contribution in [1.29, 1.82) is 0 Å². The Kier molecular flexibility index (Phi) is 3.63. The Hall–Kier alpha value is 0.230. The summed E-state index contributed by atoms with van der Waals surface area (Å²) in [5.41, 5.74) is 0. The van der Waals surface area contributed by atoms with E-state index < -0.39 is 11.4 Å². The van der Waals surface area contributed by atoms with Gasteiger partial charge in [0, 0.05) is 11.4 Å². The fraction of sp³-hybridized carbons (Fsp3) is 1.00. The van der Waals surface area contributed by atoms with E-state index in [1.807, 2.05) is 20.8 Å². The van der Waals surface area contributed by atoms with Crippen LogP contribution in [-0.2, 0) is 11.4 Å². The van der Waals surface area contributed by atoms with Gasteiger partial charge in [-0.25, -0.2) is 0 Å². The van der Waals surface area contributed by atoms with Crippen molar-refractivity contribution in [2.75, 3.05) is 6.54 Å². The molecule has 13 heavy (non-hydrogen) atoms. The summed E-state index contributed by atoms with van der Waals surface area (Å²) in [4.78, 5) is 0. The quantitative estimate of drug-likeness (QED) is 0.668. The average molecular weight is 205 g/mol. The number of hydrogen-bond donors (Lipinski definition) is 2. The molecule has 1 aliphatic carbocycles. The van der Waals surface area contributed by atoms with Crippen LogP contribution in [0.1, 0.15) is 33.6 Å². The Morgan fingerprint density at radius 2 is 2.08 bits per heavy atom. The van der Waals surface area contributed by atoms with Gasteiger partial charge in [-0.15, -0.1) is 4.72 Å². The van der Waals surface area contributed by atoms with Crippen LogP contribution in [0.25, 0.3) is 0 Å². The lowest BCUT2D eigenvalue weighted by molar-refractivity contribution is 0.155. The first-order chi connectivity index (χ1) is 5.91. The van der Waals surface area contributed by atoms with E-state index in [4.69, 9.17) is 0 Å². The summed E-state index contributed by atoms with van der Waals surface area (Å²) < 4.78 is 14.1. The lowest BCUT2D eigenvalue weighted by Crippen LogP contribution is -2.43. The second-order valence-electron chi connectivity index (χ2n) is 4.63. The van der Waals surface area contributed by atoms with Crippen LogP contribution in [0.2, 0.25) is 0 Å². The Morgan fingerprint density at radius 3 is 2.46 bits per heavy atom. The Labute approximate surface area is 83.2 Å². The SMILES string of the molecule is CC(C)(C)[S@+]([O-])NC[C@H](O)C1CC1. The summed E-state index contributed by atoms with van der Waals surface area (Å²) in [6, 6.07) is 0. The molecule has 2 N–H and O–H groups in total. The van der Waals surface area contributed by atoms with Gasteiger partial charge in [0.2, 0.25) is 0 Å². The monoisotopic (exact) mass is 205 g/mol. The average Bonchev–Trinajstić information content (AvgIpc) is 2.79. The van der Waals surface area contributed by atoms with E-state index in [-0.39, 0.29) is 10.9 Å². The van der Waals surface area contributed by atoms with Crippen molar-refractivity contribution in [3.8, 4) is 0 Å². The molecular weight excluding hydrogens is 186 g/mol. The smallest absolute Gasteiger partial charge is 0.136 e. The van der Waals surface area contributed by atoms with Crippen LogP contribution in [0.15, 0.2) is 0 Å². The van der Waals surface area contributed by atoms with Crippen LogP contribution < -0.4 is 4.72 Å². The van der Waals surface area contributed by atoms with Gasteiger partial charge in [-0.2, -0.15) is 0 Å². The standard InChI is InChI=1S/C9H19NO2S/c1-9(2,3)13(12)10-6-8(11)7-4-5-7/h7-8,10-11H,4-6H2,1-3H3/t8-,13-/m0/s1. The molecule has 0 aliphatic heterocycles. The third-order valence-corrected chi connectivity index (χ3v) is 3.69. The van der Waals surface area contributed by atoms with E-state index in [1.165, 1.54) is 0 Å². The molecule has 0 radical (unpaired) electrons. The first-order valence-electron chi connectivity index (χ1n) is 4.74. The zero-order chi connectivity index (χ0) is 10.1. The highest BCUT2D eigenvalue weighted by molar-refractivity contribution is 7.90. The summed E-state index contributed by atoms with van der Waals surface area (Å²) in [7, 11) is 0. The van der Waals surface area contributed by atoms with Gasteiger partial charge in [0.15, 0.2) is 0 Å². The molecule has 0 heterocycles. The molecule has 0 spiro atoms. The van der Waals surface area contributed by atoms with Gasteiger partial charge >= 0.3 is 0 Å². The maximum atomic E-state index is 11.5. The number of aliphatic hydroxyl groups excluding tert-OH is 1. The van der Waals surface area contributed by atoms with Gasteiger partial charge in [-0.05, 0) is 39.5 Å². The van der Waals surface area contributed by atoms with Gasteiger partial charge in [0.1, 0.15) is 4.75 Å². The summed E-state index contributed by atoms with van der Waals surface area (Å²) in [5, 5.41) is 9.51. The van der Waals surface area contributed by atoms with Crippen molar-refractivity contribution >= 4 is 11.4 Å². The maximum absolute atomic E-state index is 11.5. The van der Waals surface area contributed by atoms with Gasteiger partial charge in [-0.1, -0.05) is 0 Å². The van der Waals surface area contributed by atoms with E-state index in [9.17, 15) is 9.66 Å². The second kappa shape index (κ2) is 4.17. The third kappa shape index (κ3) is 3.85. The highest BCUT2D eigenvalue weighted by Gasteiger charge is 2.32. The van der Waals surface area contributed by atoms with Crippen molar-refractivity contribution in [3.05, 3.63) is 0 Å². The van der Waals surface area contributed by atoms with Gasteiger partial charge < -0.3 is 9.66 Å². The fourth-order valence-corrected chi connectivity index (χ4v) is 1.78.